The highest BCUT2D eigenvalue weighted by Gasteiger charge is 2.54. The van der Waals surface area contributed by atoms with Gasteiger partial charge in [-0.1, -0.05) is 18.9 Å². The number of nitrogens with one attached hydrogen (secondary N) is 2. The zero-order chi connectivity index (χ0) is 24.0. The van der Waals surface area contributed by atoms with Gasteiger partial charge >= 0.3 is 6.03 Å². The SMILES string of the molecule is Cc1c(NC(=O)C(C)N2C(=O)NC3(CCCC3)C2=O)cccc1C(=O)N1CCc2sccc2C1. The molecule has 3 aliphatic rings. The molecule has 1 unspecified atom stereocenters. The molecule has 1 saturated heterocycles. The second kappa shape index (κ2) is 8.54. The Labute approximate surface area is 202 Å². The van der Waals surface area contributed by atoms with Gasteiger partial charge in [0, 0.05) is 29.2 Å². The lowest BCUT2D eigenvalue weighted by Gasteiger charge is -2.28. The van der Waals surface area contributed by atoms with E-state index in [0.717, 1.165) is 24.2 Å². The van der Waals surface area contributed by atoms with Gasteiger partial charge in [-0.05, 0) is 67.8 Å². The van der Waals surface area contributed by atoms with E-state index in [1.165, 1.54) is 10.4 Å². The molecule has 2 aromatic rings. The summed E-state index contributed by atoms with van der Waals surface area (Å²) >= 11 is 1.72. The summed E-state index contributed by atoms with van der Waals surface area (Å²) in [4.78, 5) is 56.1. The number of rotatable bonds is 4. The van der Waals surface area contributed by atoms with Crippen molar-refractivity contribution in [3.05, 3.63) is 51.2 Å². The van der Waals surface area contributed by atoms with Gasteiger partial charge in [0.1, 0.15) is 11.6 Å². The largest absolute Gasteiger partial charge is 0.334 e. The van der Waals surface area contributed by atoms with Crippen LogP contribution in [0.1, 0.15) is 59.0 Å². The number of nitrogens with zero attached hydrogens (tertiary/aromatic N) is 2. The molecule has 1 aromatic heterocycles. The Hall–Kier alpha value is -3.20. The van der Waals surface area contributed by atoms with Gasteiger partial charge in [0.15, 0.2) is 0 Å². The smallest absolute Gasteiger partial charge is 0.325 e. The first kappa shape index (κ1) is 22.6. The van der Waals surface area contributed by atoms with Crippen LogP contribution in [0.25, 0.3) is 0 Å². The molecule has 8 nitrogen and oxygen atoms in total. The molecule has 3 heterocycles. The third-order valence-corrected chi connectivity index (χ3v) is 8.36. The molecule has 0 radical (unpaired) electrons. The van der Waals surface area contributed by atoms with Crippen molar-refractivity contribution in [2.45, 2.75) is 64.1 Å². The highest BCUT2D eigenvalue weighted by molar-refractivity contribution is 7.10. The van der Waals surface area contributed by atoms with Crippen molar-refractivity contribution in [2.24, 2.45) is 0 Å². The van der Waals surface area contributed by atoms with Crippen LogP contribution in [0.4, 0.5) is 10.5 Å². The van der Waals surface area contributed by atoms with Gasteiger partial charge in [-0.2, -0.15) is 0 Å². The van der Waals surface area contributed by atoms with Crippen LogP contribution in [0.15, 0.2) is 29.6 Å². The minimum Gasteiger partial charge on any atom is -0.334 e. The number of hydrogen-bond acceptors (Lipinski definition) is 5. The standard InChI is InChI=1S/C25H28N4O4S/c1-15-18(22(31)28-12-8-20-17(14-28)9-13-34-20)6-5-7-19(15)26-21(30)16(2)29-23(32)25(27-24(29)33)10-3-4-11-25/h5-7,9,13,16H,3-4,8,10-12,14H2,1-2H3,(H,26,30)(H,27,33). The first-order valence-corrected chi connectivity index (χ1v) is 12.6. The van der Waals surface area contributed by atoms with Crippen molar-refractivity contribution in [3.8, 4) is 0 Å². The molecule has 1 saturated carbocycles. The highest BCUT2D eigenvalue weighted by Crippen LogP contribution is 2.36. The van der Waals surface area contributed by atoms with Gasteiger partial charge in [-0.15, -0.1) is 11.3 Å². The Morgan fingerprint density at radius 3 is 2.71 bits per heavy atom. The number of benzene rings is 1. The summed E-state index contributed by atoms with van der Waals surface area (Å²) in [5.41, 5.74) is 2.02. The average molecular weight is 481 g/mol. The fourth-order valence-corrected chi connectivity index (χ4v) is 6.15. The van der Waals surface area contributed by atoms with Crippen LogP contribution in [-0.4, -0.2) is 51.7 Å². The normalized spacial score (nSPS) is 19.8. The van der Waals surface area contributed by atoms with Crippen molar-refractivity contribution >= 4 is 40.8 Å². The third-order valence-electron chi connectivity index (χ3n) is 7.33. The van der Waals surface area contributed by atoms with E-state index in [2.05, 4.69) is 22.1 Å². The maximum absolute atomic E-state index is 13.3. The second-order valence-corrected chi connectivity index (χ2v) is 10.4. The molecule has 1 atom stereocenters. The van der Waals surface area contributed by atoms with E-state index < -0.39 is 23.5 Å². The average Bonchev–Trinajstić information content (AvgIpc) is 3.54. The van der Waals surface area contributed by atoms with Crippen molar-refractivity contribution in [2.75, 3.05) is 11.9 Å². The molecule has 34 heavy (non-hydrogen) atoms. The maximum Gasteiger partial charge on any atom is 0.325 e. The minimum atomic E-state index is -0.967. The molecule has 2 N–H and O–H groups in total. The summed E-state index contributed by atoms with van der Waals surface area (Å²) in [5, 5.41) is 7.71. The fraction of sp³-hybridized carbons (Fsp3) is 0.440. The van der Waals surface area contributed by atoms with E-state index >= 15 is 0 Å². The predicted octanol–water partition coefficient (Wildman–Crippen LogP) is 3.45. The van der Waals surface area contributed by atoms with Crippen LogP contribution in [0, 0.1) is 6.92 Å². The number of carbonyl (C=O) groups excluding carboxylic acids is 4. The molecule has 9 heteroatoms. The van der Waals surface area contributed by atoms with Gasteiger partial charge in [-0.3, -0.25) is 14.4 Å². The number of thiophene rings is 1. The van der Waals surface area contributed by atoms with E-state index in [0.29, 0.717) is 42.7 Å². The van der Waals surface area contributed by atoms with Gasteiger partial charge < -0.3 is 15.5 Å². The zero-order valence-corrected chi connectivity index (χ0v) is 20.2. The lowest BCUT2D eigenvalue weighted by molar-refractivity contribution is -0.136. The van der Waals surface area contributed by atoms with E-state index in [1.807, 2.05) is 4.90 Å². The summed E-state index contributed by atoms with van der Waals surface area (Å²) in [6, 6.07) is 5.81. The number of imide groups is 1. The number of fused-ring (bicyclic) bond motifs is 1. The monoisotopic (exact) mass is 480 g/mol. The summed E-state index contributed by atoms with van der Waals surface area (Å²) in [6.07, 6.45) is 3.82. The van der Waals surface area contributed by atoms with Crippen LogP contribution >= 0.6 is 11.3 Å². The molecule has 5 rings (SSSR count). The Morgan fingerprint density at radius 1 is 1.18 bits per heavy atom. The quantitative estimate of drug-likeness (QED) is 0.655. The van der Waals surface area contributed by atoms with E-state index in [1.54, 1.807) is 43.4 Å². The van der Waals surface area contributed by atoms with Crippen LogP contribution in [0.3, 0.4) is 0 Å². The lowest BCUT2D eigenvalue weighted by atomic mass is 9.97. The summed E-state index contributed by atoms with van der Waals surface area (Å²) in [5.74, 6) is -0.862. The van der Waals surface area contributed by atoms with E-state index in [-0.39, 0.29) is 11.8 Å². The molecular weight excluding hydrogens is 452 g/mol. The molecular formula is C25H28N4O4S. The number of amides is 5. The Balaban J connectivity index is 1.31. The molecule has 1 spiro atoms. The van der Waals surface area contributed by atoms with Crippen molar-refractivity contribution < 1.29 is 19.2 Å². The maximum atomic E-state index is 13.3. The number of urea groups is 1. The summed E-state index contributed by atoms with van der Waals surface area (Å²) in [6.45, 7) is 4.60. The number of hydrogen-bond donors (Lipinski definition) is 2. The van der Waals surface area contributed by atoms with Crippen LogP contribution < -0.4 is 10.6 Å². The highest BCUT2D eigenvalue weighted by atomic mass is 32.1. The van der Waals surface area contributed by atoms with E-state index in [9.17, 15) is 19.2 Å². The second-order valence-electron chi connectivity index (χ2n) is 9.38. The fourth-order valence-electron chi connectivity index (χ4n) is 5.26. The summed E-state index contributed by atoms with van der Waals surface area (Å²) < 4.78 is 0. The predicted molar refractivity (Wildman–Crippen MR) is 129 cm³/mol. The van der Waals surface area contributed by atoms with E-state index in [4.69, 9.17) is 0 Å². The van der Waals surface area contributed by atoms with Gasteiger partial charge in [0.25, 0.3) is 11.8 Å². The Bertz CT molecular complexity index is 1180. The topological polar surface area (TPSA) is 98.8 Å². The van der Waals surface area contributed by atoms with Crippen molar-refractivity contribution in [3.63, 3.8) is 0 Å². The Morgan fingerprint density at radius 2 is 1.94 bits per heavy atom. The van der Waals surface area contributed by atoms with Crippen molar-refractivity contribution in [1.82, 2.24) is 15.1 Å². The molecule has 2 fully saturated rings. The third kappa shape index (κ3) is 3.68. The molecule has 178 valence electrons. The summed E-state index contributed by atoms with van der Waals surface area (Å²) in [7, 11) is 0. The van der Waals surface area contributed by atoms with Gasteiger partial charge in [0.05, 0.1) is 0 Å². The first-order valence-electron chi connectivity index (χ1n) is 11.7. The van der Waals surface area contributed by atoms with Crippen molar-refractivity contribution in [1.29, 1.82) is 0 Å². The van der Waals surface area contributed by atoms with Crippen LogP contribution in [-0.2, 0) is 22.6 Å². The molecule has 1 aromatic carbocycles. The number of anilines is 1. The van der Waals surface area contributed by atoms with Gasteiger partial charge in [-0.25, -0.2) is 9.69 Å². The van der Waals surface area contributed by atoms with Crippen LogP contribution in [0.5, 0.6) is 0 Å². The Kier molecular flexibility index (Phi) is 5.67. The molecule has 0 bridgehead atoms. The van der Waals surface area contributed by atoms with Gasteiger partial charge in [0.2, 0.25) is 5.91 Å². The number of carbonyl (C=O) groups is 4. The molecule has 1 aliphatic carbocycles. The van der Waals surface area contributed by atoms with Crippen LogP contribution in [0.2, 0.25) is 0 Å². The molecule has 2 aliphatic heterocycles. The zero-order valence-electron chi connectivity index (χ0n) is 19.3. The first-order chi connectivity index (χ1) is 16.3. The molecule has 5 amide bonds. The minimum absolute atomic E-state index is 0.0734. The lowest BCUT2D eigenvalue weighted by Crippen LogP contribution is -2.48.